The Morgan fingerprint density at radius 3 is 2.70 bits per heavy atom. The van der Waals surface area contributed by atoms with Crippen LogP contribution in [0.5, 0.6) is 11.6 Å². The van der Waals surface area contributed by atoms with E-state index in [0.717, 1.165) is 17.9 Å². The van der Waals surface area contributed by atoms with Crippen molar-refractivity contribution in [3.63, 3.8) is 0 Å². The molecule has 1 unspecified atom stereocenters. The summed E-state index contributed by atoms with van der Waals surface area (Å²) < 4.78 is 11.1. The number of nitrogens with zero attached hydrogens (tertiary/aromatic N) is 1. The number of benzene rings is 1. The number of pyridine rings is 1. The second-order valence-corrected chi connectivity index (χ2v) is 7.19. The van der Waals surface area contributed by atoms with Gasteiger partial charge in [0, 0.05) is 30.6 Å². The third-order valence-electron chi connectivity index (χ3n) is 3.94. The lowest BCUT2D eigenvalue weighted by molar-refractivity contribution is -0.114. The van der Waals surface area contributed by atoms with Gasteiger partial charge in [-0.3, -0.25) is 9.59 Å². The van der Waals surface area contributed by atoms with E-state index in [4.69, 9.17) is 9.47 Å². The van der Waals surface area contributed by atoms with E-state index in [0.29, 0.717) is 28.6 Å². The van der Waals surface area contributed by atoms with Crippen molar-refractivity contribution < 1.29 is 19.1 Å². The maximum atomic E-state index is 12.5. The number of hydrogen-bond donors (Lipinski definition) is 2. The van der Waals surface area contributed by atoms with Crippen LogP contribution < -0.4 is 20.1 Å². The van der Waals surface area contributed by atoms with Crippen LogP contribution in [0, 0.1) is 0 Å². The van der Waals surface area contributed by atoms with Gasteiger partial charge in [-0.25, -0.2) is 4.98 Å². The zero-order valence-corrected chi connectivity index (χ0v) is 16.0. The first-order valence-corrected chi connectivity index (χ1v) is 9.68. The number of aromatic nitrogens is 1. The molecule has 1 fully saturated rings. The van der Waals surface area contributed by atoms with Crippen LogP contribution in [-0.2, 0) is 4.79 Å². The molecule has 0 saturated carbocycles. The standard InChI is InChI=1S/C19H21N3O4S/c1-12(23)21-14-4-5-17(25-2)16(9-14)22-19(24)13-3-6-18(20-10-13)26-15-7-8-27-11-15/h3-6,9-10,15H,7-8,11H2,1-2H3,(H,21,23)(H,22,24). The average Bonchev–Trinajstić information content (AvgIpc) is 3.15. The van der Waals surface area contributed by atoms with E-state index in [1.165, 1.54) is 20.2 Å². The van der Waals surface area contributed by atoms with Gasteiger partial charge in [0.1, 0.15) is 11.9 Å². The molecule has 2 amide bonds. The van der Waals surface area contributed by atoms with Crippen LogP contribution in [0.25, 0.3) is 0 Å². The van der Waals surface area contributed by atoms with Crippen molar-refractivity contribution in [2.75, 3.05) is 29.2 Å². The third-order valence-corrected chi connectivity index (χ3v) is 5.07. The fourth-order valence-electron chi connectivity index (χ4n) is 2.64. The molecule has 0 bridgehead atoms. The maximum Gasteiger partial charge on any atom is 0.257 e. The van der Waals surface area contributed by atoms with Crippen molar-refractivity contribution >= 4 is 35.0 Å². The minimum absolute atomic E-state index is 0.183. The van der Waals surface area contributed by atoms with Gasteiger partial charge >= 0.3 is 0 Å². The maximum absolute atomic E-state index is 12.5. The fourth-order valence-corrected chi connectivity index (χ4v) is 3.74. The molecule has 2 N–H and O–H groups in total. The highest BCUT2D eigenvalue weighted by Gasteiger charge is 2.18. The zero-order valence-electron chi connectivity index (χ0n) is 15.2. The Morgan fingerprint density at radius 1 is 1.22 bits per heavy atom. The Labute approximate surface area is 161 Å². The van der Waals surface area contributed by atoms with Gasteiger partial charge in [0.2, 0.25) is 11.8 Å². The second kappa shape index (κ2) is 8.77. The van der Waals surface area contributed by atoms with Crippen molar-refractivity contribution in [2.45, 2.75) is 19.4 Å². The van der Waals surface area contributed by atoms with Crippen LogP contribution >= 0.6 is 11.8 Å². The lowest BCUT2D eigenvalue weighted by Crippen LogP contribution is -2.16. The molecule has 0 spiro atoms. The van der Waals surface area contributed by atoms with Gasteiger partial charge < -0.3 is 20.1 Å². The number of thioether (sulfide) groups is 1. The van der Waals surface area contributed by atoms with Gasteiger partial charge in [-0.15, -0.1) is 0 Å². The lowest BCUT2D eigenvalue weighted by Gasteiger charge is -2.13. The number of rotatable bonds is 6. The minimum Gasteiger partial charge on any atom is -0.495 e. The molecule has 0 aliphatic carbocycles. The molecule has 2 heterocycles. The first-order valence-electron chi connectivity index (χ1n) is 8.52. The Kier molecular flexibility index (Phi) is 6.18. The first kappa shape index (κ1) is 19.0. The summed E-state index contributed by atoms with van der Waals surface area (Å²) in [5.74, 6) is 2.55. The van der Waals surface area contributed by atoms with Crippen molar-refractivity contribution in [1.82, 2.24) is 4.98 Å². The molecule has 142 valence electrons. The summed E-state index contributed by atoms with van der Waals surface area (Å²) in [7, 11) is 1.51. The summed E-state index contributed by atoms with van der Waals surface area (Å²) in [6.45, 7) is 1.42. The number of methoxy groups -OCH3 is 1. The van der Waals surface area contributed by atoms with E-state index in [1.807, 2.05) is 11.8 Å². The Balaban J connectivity index is 1.69. The minimum atomic E-state index is -0.330. The highest BCUT2D eigenvalue weighted by atomic mass is 32.2. The van der Waals surface area contributed by atoms with Gasteiger partial charge in [-0.05, 0) is 36.4 Å². The van der Waals surface area contributed by atoms with Crippen molar-refractivity contribution in [1.29, 1.82) is 0 Å². The summed E-state index contributed by atoms with van der Waals surface area (Å²) >= 11 is 1.86. The van der Waals surface area contributed by atoms with E-state index in [-0.39, 0.29) is 17.9 Å². The topological polar surface area (TPSA) is 89.6 Å². The molecule has 1 saturated heterocycles. The highest BCUT2D eigenvalue weighted by molar-refractivity contribution is 7.99. The van der Waals surface area contributed by atoms with Gasteiger partial charge in [-0.2, -0.15) is 11.8 Å². The molecular weight excluding hydrogens is 366 g/mol. The van der Waals surface area contributed by atoms with Crippen LogP contribution in [0.1, 0.15) is 23.7 Å². The number of hydrogen-bond acceptors (Lipinski definition) is 6. The predicted octanol–water partition coefficient (Wildman–Crippen LogP) is 3.19. The van der Waals surface area contributed by atoms with E-state index < -0.39 is 0 Å². The fraction of sp³-hybridized carbons (Fsp3) is 0.316. The van der Waals surface area contributed by atoms with E-state index in [2.05, 4.69) is 15.6 Å². The molecule has 2 aromatic rings. The quantitative estimate of drug-likeness (QED) is 0.791. The van der Waals surface area contributed by atoms with Crippen LogP contribution in [-0.4, -0.2) is 41.5 Å². The summed E-state index contributed by atoms with van der Waals surface area (Å²) in [5, 5.41) is 5.46. The number of amides is 2. The molecule has 3 rings (SSSR count). The normalized spacial score (nSPS) is 15.9. The number of carbonyl (C=O) groups is 2. The third kappa shape index (κ3) is 5.13. The predicted molar refractivity (Wildman–Crippen MR) is 106 cm³/mol. The summed E-state index contributed by atoms with van der Waals surface area (Å²) in [5.41, 5.74) is 1.42. The summed E-state index contributed by atoms with van der Waals surface area (Å²) in [6, 6.07) is 8.38. The van der Waals surface area contributed by atoms with Gasteiger partial charge in [0.15, 0.2) is 0 Å². The van der Waals surface area contributed by atoms with E-state index >= 15 is 0 Å². The van der Waals surface area contributed by atoms with E-state index in [1.54, 1.807) is 30.3 Å². The molecule has 0 radical (unpaired) electrons. The number of ether oxygens (including phenoxy) is 2. The summed E-state index contributed by atoms with van der Waals surface area (Å²) in [4.78, 5) is 28.0. The number of anilines is 2. The van der Waals surface area contributed by atoms with Crippen molar-refractivity contribution in [2.24, 2.45) is 0 Å². The monoisotopic (exact) mass is 387 g/mol. The van der Waals surface area contributed by atoms with Gasteiger partial charge in [0.25, 0.3) is 5.91 Å². The molecular formula is C19H21N3O4S. The van der Waals surface area contributed by atoms with Crippen LogP contribution in [0.15, 0.2) is 36.5 Å². The van der Waals surface area contributed by atoms with Crippen LogP contribution in [0.3, 0.4) is 0 Å². The molecule has 1 aromatic carbocycles. The lowest BCUT2D eigenvalue weighted by atomic mass is 10.2. The molecule has 1 atom stereocenters. The van der Waals surface area contributed by atoms with Gasteiger partial charge in [-0.1, -0.05) is 0 Å². The van der Waals surface area contributed by atoms with Gasteiger partial charge in [0.05, 0.1) is 18.4 Å². The Morgan fingerprint density at radius 2 is 2.07 bits per heavy atom. The largest absolute Gasteiger partial charge is 0.495 e. The molecule has 8 heteroatoms. The summed E-state index contributed by atoms with van der Waals surface area (Å²) in [6.07, 6.45) is 2.68. The number of nitrogens with one attached hydrogen (secondary N) is 2. The van der Waals surface area contributed by atoms with Crippen molar-refractivity contribution in [3.8, 4) is 11.6 Å². The van der Waals surface area contributed by atoms with Crippen molar-refractivity contribution in [3.05, 3.63) is 42.1 Å². The SMILES string of the molecule is COc1ccc(NC(C)=O)cc1NC(=O)c1ccc(OC2CCSC2)nc1. The first-order chi connectivity index (χ1) is 13.0. The van der Waals surface area contributed by atoms with E-state index in [9.17, 15) is 9.59 Å². The molecule has 7 nitrogen and oxygen atoms in total. The molecule has 1 aliphatic rings. The second-order valence-electron chi connectivity index (χ2n) is 6.04. The molecule has 1 aliphatic heterocycles. The molecule has 1 aromatic heterocycles. The Hall–Kier alpha value is -2.74. The van der Waals surface area contributed by atoms with Crippen LogP contribution in [0.4, 0.5) is 11.4 Å². The Bertz CT molecular complexity index is 820. The highest BCUT2D eigenvalue weighted by Crippen LogP contribution is 2.28. The van der Waals surface area contributed by atoms with Crippen LogP contribution in [0.2, 0.25) is 0 Å². The average molecular weight is 387 g/mol. The smallest absolute Gasteiger partial charge is 0.257 e. The zero-order chi connectivity index (χ0) is 19.2. The number of carbonyl (C=O) groups excluding carboxylic acids is 2. The molecule has 27 heavy (non-hydrogen) atoms.